The lowest BCUT2D eigenvalue weighted by atomic mass is 10.1. The maximum Gasteiger partial charge on any atom is 0.417 e. The minimum atomic E-state index is -4.60. The van der Waals surface area contributed by atoms with Crippen molar-refractivity contribution in [3.05, 3.63) is 88.9 Å². The third-order valence-corrected chi connectivity index (χ3v) is 3.95. The molecule has 1 amide bonds. The first kappa shape index (κ1) is 18.8. The SMILES string of the molecule is O=C(Nc1ccc(Cl)c(C(F)(F)F)c1)c1ccc(Oc2ccccc2)cc1. The number of halogens is 4. The van der Waals surface area contributed by atoms with Crippen LogP contribution in [0.4, 0.5) is 18.9 Å². The molecule has 0 aliphatic heterocycles. The van der Waals surface area contributed by atoms with Gasteiger partial charge in [-0.3, -0.25) is 4.79 Å². The Balaban J connectivity index is 1.71. The molecule has 0 saturated heterocycles. The summed E-state index contributed by atoms with van der Waals surface area (Å²) in [6.45, 7) is 0. The number of para-hydroxylation sites is 1. The van der Waals surface area contributed by atoms with Crippen molar-refractivity contribution >= 4 is 23.2 Å². The summed E-state index contributed by atoms with van der Waals surface area (Å²) >= 11 is 5.57. The predicted molar refractivity (Wildman–Crippen MR) is 97.4 cm³/mol. The quantitative estimate of drug-likeness (QED) is 0.558. The van der Waals surface area contributed by atoms with Gasteiger partial charge in [0.15, 0.2) is 0 Å². The van der Waals surface area contributed by atoms with Gasteiger partial charge in [0.2, 0.25) is 0 Å². The Labute approximate surface area is 158 Å². The average Bonchev–Trinajstić information content (AvgIpc) is 2.64. The van der Waals surface area contributed by atoms with Crippen molar-refractivity contribution in [2.24, 2.45) is 0 Å². The summed E-state index contributed by atoms with van der Waals surface area (Å²) in [5.74, 6) is 0.635. The van der Waals surface area contributed by atoms with Gasteiger partial charge >= 0.3 is 6.18 Å². The molecule has 0 aliphatic carbocycles. The van der Waals surface area contributed by atoms with Crippen molar-refractivity contribution in [1.82, 2.24) is 0 Å². The maximum absolute atomic E-state index is 12.9. The Hall–Kier alpha value is -2.99. The second-order valence-corrected chi connectivity index (χ2v) is 5.99. The van der Waals surface area contributed by atoms with Crippen LogP contribution in [-0.4, -0.2) is 5.91 Å². The van der Waals surface area contributed by atoms with E-state index in [0.717, 1.165) is 12.1 Å². The largest absolute Gasteiger partial charge is 0.457 e. The highest BCUT2D eigenvalue weighted by Gasteiger charge is 2.33. The molecule has 0 aliphatic rings. The lowest BCUT2D eigenvalue weighted by Crippen LogP contribution is -2.13. The van der Waals surface area contributed by atoms with E-state index in [1.807, 2.05) is 18.2 Å². The number of rotatable bonds is 4. The van der Waals surface area contributed by atoms with Crippen molar-refractivity contribution in [3.63, 3.8) is 0 Å². The molecule has 1 N–H and O–H groups in total. The normalized spacial score (nSPS) is 11.1. The molecule has 0 spiro atoms. The van der Waals surface area contributed by atoms with E-state index in [2.05, 4.69) is 5.32 Å². The predicted octanol–water partition coefficient (Wildman–Crippen LogP) is 6.40. The van der Waals surface area contributed by atoms with Gasteiger partial charge in [0.25, 0.3) is 5.91 Å². The van der Waals surface area contributed by atoms with Gasteiger partial charge in [-0.15, -0.1) is 0 Å². The zero-order chi connectivity index (χ0) is 19.4. The second-order valence-electron chi connectivity index (χ2n) is 5.59. The molecule has 7 heteroatoms. The number of benzene rings is 3. The van der Waals surface area contributed by atoms with Gasteiger partial charge < -0.3 is 10.1 Å². The Morgan fingerprint density at radius 3 is 2.15 bits per heavy atom. The fourth-order valence-corrected chi connectivity index (χ4v) is 2.55. The Morgan fingerprint density at radius 2 is 1.52 bits per heavy atom. The summed E-state index contributed by atoms with van der Waals surface area (Å²) in [4.78, 5) is 12.3. The van der Waals surface area contributed by atoms with E-state index < -0.39 is 22.7 Å². The number of hydrogen-bond acceptors (Lipinski definition) is 2. The first-order valence-electron chi connectivity index (χ1n) is 7.84. The van der Waals surface area contributed by atoms with E-state index in [1.54, 1.807) is 24.3 Å². The summed E-state index contributed by atoms with van der Waals surface area (Å²) in [6.07, 6.45) is -4.60. The minimum absolute atomic E-state index is 0.00124. The van der Waals surface area contributed by atoms with Crippen LogP contribution in [0.3, 0.4) is 0 Å². The molecule has 0 fully saturated rings. The van der Waals surface area contributed by atoms with E-state index in [0.29, 0.717) is 11.5 Å². The molecule has 0 heterocycles. The zero-order valence-electron chi connectivity index (χ0n) is 13.8. The van der Waals surface area contributed by atoms with E-state index in [-0.39, 0.29) is 11.3 Å². The van der Waals surface area contributed by atoms with Crippen LogP contribution in [0.15, 0.2) is 72.8 Å². The second kappa shape index (κ2) is 7.72. The first-order chi connectivity index (χ1) is 12.8. The van der Waals surface area contributed by atoms with Gasteiger partial charge in [-0.1, -0.05) is 29.8 Å². The fraction of sp³-hybridized carbons (Fsp3) is 0.0500. The van der Waals surface area contributed by atoms with Crippen LogP contribution >= 0.6 is 11.6 Å². The molecule has 0 atom stereocenters. The van der Waals surface area contributed by atoms with E-state index >= 15 is 0 Å². The smallest absolute Gasteiger partial charge is 0.417 e. The van der Waals surface area contributed by atoms with Crippen LogP contribution in [-0.2, 0) is 6.18 Å². The van der Waals surface area contributed by atoms with Crippen molar-refractivity contribution in [2.75, 3.05) is 5.32 Å². The highest BCUT2D eigenvalue weighted by Crippen LogP contribution is 2.36. The number of ether oxygens (including phenoxy) is 1. The molecule has 3 aromatic carbocycles. The van der Waals surface area contributed by atoms with Crippen molar-refractivity contribution in [1.29, 1.82) is 0 Å². The lowest BCUT2D eigenvalue weighted by molar-refractivity contribution is -0.137. The molecular formula is C20H13ClF3NO2. The van der Waals surface area contributed by atoms with Crippen LogP contribution in [0.5, 0.6) is 11.5 Å². The monoisotopic (exact) mass is 391 g/mol. The van der Waals surface area contributed by atoms with Crippen LogP contribution in [0, 0.1) is 0 Å². The van der Waals surface area contributed by atoms with Crippen LogP contribution in [0.1, 0.15) is 15.9 Å². The Bertz CT molecular complexity index is 942. The van der Waals surface area contributed by atoms with Crippen molar-refractivity contribution < 1.29 is 22.7 Å². The number of anilines is 1. The van der Waals surface area contributed by atoms with Crippen molar-refractivity contribution in [3.8, 4) is 11.5 Å². The van der Waals surface area contributed by atoms with Gasteiger partial charge in [-0.25, -0.2) is 0 Å². The molecular weight excluding hydrogens is 379 g/mol. The van der Waals surface area contributed by atoms with E-state index in [9.17, 15) is 18.0 Å². The topological polar surface area (TPSA) is 38.3 Å². The first-order valence-corrected chi connectivity index (χ1v) is 8.22. The molecule has 138 valence electrons. The lowest BCUT2D eigenvalue weighted by Gasteiger charge is -2.12. The van der Waals surface area contributed by atoms with Crippen molar-refractivity contribution in [2.45, 2.75) is 6.18 Å². The van der Waals surface area contributed by atoms with E-state index in [4.69, 9.17) is 16.3 Å². The molecule has 3 nitrogen and oxygen atoms in total. The Kier molecular flexibility index (Phi) is 5.37. The van der Waals surface area contributed by atoms with Gasteiger partial charge in [-0.05, 0) is 54.6 Å². The average molecular weight is 392 g/mol. The number of alkyl halides is 3. The molecule has 0 aromatic heterocycles. The third-order valence-electron chi connectivity index (χ3n) is 3.63. The van der Waals surface area contributed by atoms with Crippen LogP contribution in [0.25, 0.3) is 0 Å². The van der Waals surface area contributed by atoms with Gasteiger partial charge in [0.1, 0.15) is 11.5 Å². The van der Waals surface area contributed by atoms with Gasteiger partial charge in [-0.2, -0.15) is 13.2 Å². The summed E-state index contributed by atoms with van der Waals surface area (Å²) in [5.41, 5.74) is -0.728. The number of carbonyl (C=O) groups is 1. The molecule has 3 aromatic rings. The fourth-order valence-electron chi connectivity index (χ4n) is 2.32. The Morgan fingerprint density at radius 1 is 0.889 bits per heavy atom. The summed E-state index contributed by atoms with van der Waals surface area (Å²) in [6, 6.07) is 18.6. The minimum Gasteiger partial charge on any atom is -0.457 e. The van der Waals surface area contributed by atoms with Gasteiger partial charge in [0.05, 0.1) is 10.6 Å². The zero-order valence-corrected chi connectivity index (χ0v) is 14.5. The number of amides is 1. The highest BCUT2D eigenvalue weighted by molar-refractivity contribution is 6.31. The molecule has 0 unspecified atom stereocenters. The number of carbonyl (C=O) groups excluding carboxylic acids is 1. The molecule has 3 rings (SSSR count). The number of nitrogens with one attached hydrogen (secondary N) is 1. The van der Waals surface area contributed by atoms with Crippen LogP contribution < -0.4 is 10.1 Å². The van der Waals surface area contributed by atoms with Gasteiger partial charge in [0, 0.05) is 11.3 Å². The third kappa shape index (κ3) is 4.80. The molecule has 27 heavy (non-hydrogen) atoms. The summed E-state index contributed by atoms with van der Waals surface area (Å²) in [7, 11) is 0. The summed E-state index contributed by atoms with van der Waals surface area (Å²) < 4.78 is 44.3. The number of hydrogen-bond donors (Lipinski definition) is 1. The standard InChI is InChI=1S/C20H13ClF3NO2/c21-18-11-8-14(12-17(18)20(22,23)24)25-19(26)13-6-9-16(10-7-13)27-15-4-2-1-3-5-15/h1-12H,(H,25,26). The highest BCUT2D eigenvalue weighted by atomic mass is 35.5. The van der Waals surface area contributed by atoms with Crippen LogP contribution in [0.2, 0.25) is 5.02 Å². The van der Waals surface area contributed by atoms with E-state index in [1.165, 1.54) is 18.2 Å². The molecule has 0 radical (unpaired) electrons. The molecule has 0 saturated carbocycles. The molecule has 0 bridgehead atoms. The maximum atomic E-state index is 12.9. The summed E-state index contributed by atoms with van der Waals surface area (Å²) in [5, 5.41) is 2.00.